The molecule has 2 aromatic carbocycles. The Morgan fingerprint density at radius 1 is 1.14 bits per heavy atom. The van der Waals surface area contributed by atoms with Crippen LogP contribution in [-0.4, -0.2) is 8.42 Å². The number of nitrogens with one attached hydrogen (secondary N) is 1. The maximum Gasteiger partial charge on any atom is 0.262 e. The van der Waals surface area contributed by atoms with Gasteiger partial charge < -0.3 is 5.73 Å². The van der Waals surface area contributed by atoms with E-state index in [1.807, 2.05) is 0 Å². The van der Waals surface area contributed by atoms with Gasteiger partial charge in [-0.3, -0.25) is 4.72 Å². The van der Waals surface area contributed by atoms with Crippen LogP contribution in [0.2, 0.25) is 5.02 Å². The highest BCUT2D eigenvalue weighted by Crippen LogP contribution is 2.27. The van der Waals surface area contributed by atoms with E-state index in [-0.39, 0.29) is 21.3 Å². The van der Waals surface area contributed by atoms with E-state index in [9.17, 15) is 17.2 Å². The normalized spacial score (nSPS) is 11.4. The minimum Gasteiger partial charge on any atom is -0.397 e. The van der Waals surface area contributed by atoms with Gasteiger partial charge in [0.15, 0.2) is 11.6 Å². The van der Waals surface area contributed by atoms with Crippen LogP contribution in [0, 0.1) is 18.6 Å². The van der Waals surface area contributed by atoms with Gasteiger partial charge in [0, 0.05) is 6.07 Å². The number of nitrogens with two attached hydrogens (primary N) is 1. The molecule has 0 heterocycles. The first-order valence-electron chi connectivity index (χ1n) is 5.74. The number of sulfonamides is 1. The molecule has 0 saturated carbocycles. The van der Waals surface area contributed by atoms with E-state index < -0.39 is 21.7 Å². The zero-order valence-electron chi connectivity index (χ0n) is 10.8. The van der Waals surface area contributed by atoms with Gasteiger partial charge in [-0.05, 0) is 36.8 Å². The van der Waals surface area contributed by atoms with Crippen molar-refractivity contribution < 1.29 is 17.2 Å². The Kier molecular flexibility index (Phi) is 4.06. The van der Waals surface area contributed by atoms with E-state index in [4.69, 9.17) is 17.3 Å². The van der Waals surface area contributed by atoms with Gasteiger partial charge in [-0.25, -0.2) is 17.2 Å². The summed E-state index contributed by atoms with van der Waals surface area (Å²) < 4.78 is 52.6. The molecule has 8 heteroatoms. The number of anilines is 2. The third-order valence-corrected chi connectivity index (χ3v) is 4.61. The third-order valence-electron chi connectivity index (χ3n) is 2.76. The third kappa shape index (κ3) is 3.25. The van der Waals surface area contributed by atoms with Crippen LogP contribution < -0.4 is 10.5 Å². The summed E-state index contributed by atoms with van der Waals surface area (Å²) in [6.45, 7) is 1.55. The Morgan fingerprint density at radius 2 is 1.81 bits per heavy atom. The Balaban J connectivity index is 2.43. The van der Waals surface area contributed by atoms with Gasteiger partial charge >= 0.3 is 0 Å². The number of hydrogen-bond acceptors (Lipinski definition) is 3. The summed E-state index contributed by atoms with van der Waals surface area (Å²) in [5.74, 6) is -2.22. The van der Waals surface area contributed by atoms with Crippen molar-refractivity contribution in [3.63, 3.8) is 0 Å². The first kappa shape index (κ1) is 15.5. The Hall–Kier alpha value is -1.86. The topological polar surface area (TPSA) is 72.2 Å². The molecular formula is C13H11ClF2N2O2S. The summed E-state index contributed by atoms with van der Waals surface area (Å²) in [5.41, 5.74) is 5.98. The van der Waals surface area contributed by atoms with Gasteiger partial charge in [-0.1, -0.05) is 11.6 Å². The summed E-state index contributed by atoms with van der Waals surface area (Å²) in [5, 5.41) is 0.235. The molecule has 0 aliphatic heterocycles. The van der Waals surface area contributed by atoms with Crippen LogP contribution in [-0.2, 0) is 10.0 Å². The van der Waals surface area contributed by atoms with Gasteiger partial charge in [0.25, 0.3) is 10.0 Å². The molecule has 0 saturated heterocycles. The lowest BCUT2D eigenvalue weighted by atomic mass is 10.2. The molecule has 112 valence electrons. The second-order valence-electron chi connectivity index (χ2n) is 4.37. The molecule has 0 bridgehead atoms. The lowest BCUT2D eigenvalue weighted by Gasteiger charge is -2.12. The second kappa shape index (κ2) is 5.50. The molecule has 21 heavy (non-hydrogen) atoms. The minimum atomic E-state index is -3.99. The smallest absolute Gasteiger partial charge is 0.262 e. The molecule has 0 atom stereocenters. The fourth-order valence-electron chi connectivity index (χ4n) is 1.73. The summed E-state index contributed by atoms with van der Waals surface area (Å²) in [6.07, 6.45) is 0. The number of halogens is 3. The van der Waals surface area contributed by atoms with E-state index in [0.717, 1.165) is 18.2 Å². The molecule has 0 fully saturated rings. The first-order valence-corrected chi connectivity index (χ1v) is 7.60. The summed E-state index contributed by atoms with van der Waals surface area (Å²) >= 11 is 5.80. The van der Waals surface area contributed by atoms with Crippen molar-refractivity contribution in [3.05, 3.63) is 52.6 Å². The van der Waals surface area contributed by atoms with Crippen molar-refractivity contribution in [2.45, 2.75) is 11.8 Å². The zero-order valence-corrected chi connectivity index (χ0v) is 12.4. The average molecular weight is 333 g/mol. The predicted octanol–water partition coefficient (Wildman–Crippen LogP) is 3.31. The molecule has 0 radical (unpaired) electrons. The summed E-state index contributed by atoms with van der Waals surface area (Å²) in [4.78, 5) is -0.0888. The van der Waals surface area contributed by atoms with Gasteiger partial charge in [-0.2, -0.15) is 0 Å². The highest BCUT2D eigenvalue weighted by molar-refractivity contribution is 7.92. The van der Waals surface area contributed by atoms with Gasteiger partial charge in [0.05, 0.1) is 21.3 Å². The molecular weight excluding hydrogens is 322 g/mol. The minimum absolute atomic E-state index is 0.0888. The molecule has 0 aliphatic rings. The average Bonchev–Trinajstić information content (AvgIpc) is 2.37. The van der Waals surface area contributed by atoms with Crippen LogP contribution in [0.5, 0.6) is 0 Å². The molecule has 0 amide bonds. The molecule has 3 N–H and O–H groups in total. The standard InChI is InChI=1S/C13H11ClF2N2O2S/c1-7-4-9(14)12(17)6-13(7)21(19,20)18-8-2-3-10(15)11(16)5-8/h2-6,18H,17H2,1H3. The van der Waals surface area contributed by atoms with Crippen molar-refractivity contribution in [3.8, 4) is 0 Å². The Morgan fingerprint density at radius 3 is 2.43 bits per heavy atom. The van der Waals surface area contributed by atoms with E-state index in [2.05, 4.69) is 4.72 Å². The van der Waals surface area contributed by atoms with Crippen LogP contribution in [0.25, 0.3) is 0 Å². The highest BCUT2D eigenvalue weighted by Gasteiger charge is 2.19. The van der Waals surface area contributed by atoms with Gasteiger partial charge in [0.2, 0.25) is 0 Å². The maximum atomic E-state index is 13.1. The van der Waals surface area contributed by atoms with Crippen LogP contribution >= 0.6 is 11.6 Å². The number of rotatable bonds is 3. The Labute approximate surface area is 125 Å². The van der Waals surface area contributed by atoms with E-state index in [1.165, 1.54) is 12.1 Å². The Bertz CT molecular complexity index is 810. The fraction of sp³-hybridized carbons (Fsp3) is 0.0769. The number of nitrogen functional groups attached to an aromatic ring is 1. The molecule has 0 unspecified atom stereocenters. The van der Waals surface area contributed by atoms with Crippen molar-refractivity contribution >= 4 is 33.0 Å². The van der Waals surface area contributed by atoms with E-state index in [0.29, 0.717) is 5.56 Å². The van der Waals surface area contributed by atoms with Crippen molar-refractivity contribution in [2.24, 2.45) is 0 Å². The first-order chi connectivity index (χ1) is 9.70. The quantitative estimate of drug-likeness (QED) is 0.847. The van der Waals surface area contributed by atoms with E-state index in [1.54, 1.807) is 6.92 Å². The van der Waals surface area contributed by atoms with Crippen molar-refractivity contribution in [1.82, 2.24) is 0 Å². The van der Waals surface area contributed by atoms with Crippen molar-refractivity contribution in [2.75, 3.05) is 10.5 Å². The molecule has 0 spiro atoms. The molecule has 2 aromatic rings. The molecule has 4 nitrogen and oxygen atoms in total. The van der Waals surface area contributed by atoms with Crippen LogP contribution in [0.1, 0.15) is 5.56 Å². The zero-order chi connectivity index (χ0) is 15.8. The molecule has 2 rings (SSSR count). The van der Waals surface area contributed by atoms with Crippen molar-refractivity contribution in [1.29, 1.82) is 0 Å². The van der Waals surface area contributed by atoms with Gasteiger partial charge in [0.1, 0.15) is 0 Å². The van der Waals surface area contributed by atoms with E-state index >= 15 is 0 Å². The van der Waals surface area contributed by atoms with Gasteiger partial charge in [-0.15, -0.1) is 0 Å². The fourth-order valence-corrected chi connectivity index (χ4v) is 3.26. The lowest BCUT2D eigenvalue weighted by Crippen LogP contribution is -2.15. The van der Waals surface area contributed by atoms with Crippen LogP contribution in [0.3, 0.4) is 0 Å². The predicted molar refractivity (Wildman–Crippen MR) is 77.8 cm³/mol. The van der Waals surface area contributed by atoms with Crippen LogP contribution in [0.15, 0.2) is 35.2 Å². The SMILES string of the molecule is Cc1cc(Cl)c(N)cc1S(=O)(=O)Nc1ccc(F)c(F)c1. The largest absolute Gasteiger partial charge is 0.397 e. The maximum absolute atomic E-state index is 13.1. The monoisotopic (exact) mass is 332 g/mol. The summed E-state index contributed by atoms with van der Waals surface area (Å²) in [7, 11) is -3.99. The number of benzene rings is 2. The molecule has 0 aromatic heterocycles. The highest BCUT2D eigenvalue weighted by atomic mass is 35.5. The second-order valence-corrected chi connectivity index (χ2v) is 6.43. The number of aryl methyl sites for hydroxylation is 1. The lowest BCUT2D eigenvalue weighted by molar-refractivity contribution is 0.509. The number of hydrogen-bond donors (Lipinski definition) is 2. The van der Waals surface area contributed by atoms with Crippen LogP contribution in [0.4, 0.5) is 20.2 Å². The summed E-state index contributed by atoms with van der Waals surface area (Å²) in [6, 6.07) is 5.32. The molecule has 0 aliphatic carbocycles.